The minimum Gasteiger partial charge on any atom is -0.390 e. The van der Waals surface area contributed by atoms with Crippen molar-refractivity contribution >= 4 is 5.91 Å². The minimum absolute atomic E-state index is 0.0771. The van der Waals surface area contributed by atoms with Gasteiger partial charge >= 0.3 is 0 Å². The summed E-state index contributed by atoms with van der Waals surface area (Å²) in [4.78, 5) is 16.3. The van der Waals surface area contributed by atoms with Crippen molar-refractivity contribution in [1.29, 1.82) is 0 Å². The summed E-state index contributed by atoms with van der Waals surface area (Å²) in [6.45, 7) is 3.59. The zero-order valence-electron chi connectivity index (χ0n) is 12.7. The van der Waals surface area contributed by atoms with Crippen LogP contribution in [0.1, 0.15) is 25.0 Å². The molecule has 122 valence electrons. The van der Waals surface area contributed by atoms with Gasteiger partial charge in [0.05, 0.1) is 24.9 Å². The molecule has 2 aliphatic rings. The number of hydrogen-bond donors (Lipinski definition) is 2. The number of nitrogens with zero attached hydrogens (tertiary/aromatic N) is 5. The number of β-amino-alcohol motifs (C(OH)–C–C–N with tert-alkyl or cyclic N) is 1. The summed E-state index contributed by atoms with van der Waals surface area (Å²) in [5, 5.41) is 27.2. The summed E-state index contributed by atoms with van der Waals surface area (Å²) in [6, 6.07) is 0. The normalized spacial score (nSPS) is 26.0. The first kappa shape index (κ1) is 15.4. The average Bonchev–Trinajstić information content (AvgIpc) is 3.20. The summed E-state index contributed by atoms with van der Waals surface area (Å²) in [5.41, 5.74) is -0.349. The molecule has 0 aromatic carbocycles. The van der Waals surface area contributed by atoms with Crippen molar-refractivity contribution in [3.63, 3.8) is 0 Å². The highest BCUT2D eigenvalue weighted by Gasteiger charge is 2.39. The third kappa shape index (κ3) is 3.45. The van der Waals surface area contributed by atoms with Crippen LogP contribution in [0.15, 0.2) is 6.20 Å². The van der Waals surface area contributed by atoms with E-state index in [1.807, 2.05) is 0 Å². The predicted octanol–water partition coefficient (Wildman–Crippen LogP) is -1.17. The van der Waals surface area contributed by atoms with Gasteiger partial charge in [-0.1, -0.05) is 5.21 Å². The van der Waals surface area contributed by atoms with E-state index in [0.717, 1.165) is 13.1 Å². The molecule has 1 amide bonds. The quantitative estimate of drug-likeness (QED) is 0.712. The molecule has 2 aliphatic heterocycles. The maximum atomic E-state index is 12.3. The van der Waals surface area contributed by atoms with Crippen LogP contribution in [0.2, 0.25) is 0 Å². The molecule has 0 aliphatic carbocycles. The number of aromatic nitrogens is 3. The molecule has 1 aromatic rings. The highest BCUT2D eigenvalue weighted by molar-refractivity contribution is 5.76. The zero-order chi connectivity index (χ0) is 15.6. The SMILES string of the molecule is O=C(Cn1cc(CO)nn1)N1CC[C@@](O)(CN2CCCC2)C1. The van der Waals surface area contributed by atoms with E-state index in [4.69, 9.17) is 5.11 Å². The van der Waals surface area contributed by atoms with Gasteiger partial charge in [-0.3, -0.25) is 4.79 Å². The summed E-state index contributed by atoms with van der Waals surface area (Å²) in [6.07, 6.45) is 4.56. The van der Waals surface area contributed by atoms with Crippen LogP contribution >= 0.6 is 0 Å². The van der Waals surface area contributed by atoms with E-state index in [-0.39, 0.29) is 19.1 Å². The van der Waals surface area contributed by atoms with Gasteiger partial charge in [0, 0.05) is 13.1 Å². The first-order valence-electron chi connectivity index (χ1n) is 7.80. The molecule has 0 saturated carbocycles. The number of hydrogen-bond acceptors (Lipinski definition) is 6. The molecular weight excluding hydrogens is 286 g/mol. The number of aliphatic hydroxyl groups is 2. The van der Waals surface area contributed by atoms with Gasteiger partial charge < -0.3 is 20.0 Å². The highest BCUT2D eigenvalue weighted by atomic mass is 16.3. The van der Waals surface area contributed by atoms with Crippen molar-refractivity contribution in [2.45, 2.75) is 38.0 Å². The van der Waals surface area contributed by atoms with Crippen LogP contribution in [0.5, 0.6) is 0 Å². The van der Waals surface area contributed by atoms with Crippen LogP contribution in [0, 0.1) is 0 Å². The molecular formula is C14H23N5O3. The monoisotopic (exact) mass is 309 g/mol. The van der Waals surface area contributed by atoms with Gasteiger partial charge in [-0.05, 0) is 32.4 Å². The van der Waals surface area contributed by atoms with Gasteiger partial charge in [0.25, 0.3) is 0 Å². The molecule has 3 rings (SSSR count). The number of aliphatic hydroxyl groups excluding tert-OH is 1. The molecule has 1 aromatic heterocycles. The smallest absolute Gasteiger partial charge is 0.244 e. The fourth-order valence-electron chi connectivity index (χ4n) is 3.28. The fourth-order valence-corrected chi connectivity index (χ4v) is 3.28. The molecule has 2 fully saturated rings. The second kappa shape index (κ2) is 6.31. The second-order valence-corrected chi connectivity index (χ2v) is 6.34. The van der Waals surface area contributed by atoms with Crippen molar-refractivity contribution in [2.24, 2.45) is 0 Å². The first-order chi connectivity index (χ1) is 10.6. The maximum Gasteiger partial charge on any atom is 0.244 e. The zero-order valence-corrected chi connectivity index (χ0v) is 12.7. The summed E-state index contributed by atoms with van der Waals surface area (Å²) >= 11 is 0. The third-order valence-corrected chi connectivity index (χ3v) is 4.45. The van der Waals surface area contributed by atoms with Crippen LogP contribution in [0.4, 0.5) is 0 Å². The number of carbonyl (C=O) groups excluding carboxylic acids is 1. The third-order valence-electron chi connectivity index (χ3n) is 4.45. The lowest BCUT2D eigenvalue weighted by Crippen LogP contribution is -2.45. The Bertz CT molecular complexity index is 528. The lowest BCUT2D eigenvalue weighted by Gasteiger charge is -2.28. The number of rotatable bonds is 5. The Hall–Kier alpha value is -1.51. The Morgan fingerprint density at radius 1 is 1.32 bits per heavy atom. The molecule has 1 atom stereocenters. The molecule has 0 spiro atoms. The lowest BCUT2D eigenvalue weighted by molar-refractivity contribution is -0.132. The van der Waals surface area contributed by atoms with Gasteiger partial charge in [-0.2, -0.15) is 0 Å². The predicted molar refractivity (Wildman–Crippen MR) is 77.8 cm³/mol. The molecule has 0 unspecified atom stereocenters. The Morgan fingerprint density at radius 2 is 2.09 bits per heavy atom. The maximum absolute atomic E-state index is 12.3. The van der Waals surface area contributed by atoms with Crippen molar-refractivity contribution < 1.29 is 15.0 Å². The van der Waals surface area contributed by atoms with Crippen LogP contribution in [-0.4, -0.2) is 79.2 Å². The molecule has 0 bridgehead atoms. The molecule has 22 heavy (non-hydrogen) atoms. The molecule has 0 radical (unpaired) electrons. The molecule has 8 nitrogen and oxygen atoms in total. The van der Waals surface area contributed by atoms with Gasteiger partial charge in [0.15, 0.2) is 0 Å². The van der Waals surface area contributed by atoms with E-state index < -0.39 is 5.60 Å². The van der Waals surface area contributed by atoms with Gasteiger partial charge in [0.2, 0.25) is 5.91 Å². The van der Waals surface area contributed by atoms with Crippen molar-refractivity contribution in [3.8, 4) is 0 Å². The summed E-state index contributed by atoms with van der Waals surface area (Å²) in [7, 11) is 0. The molecule has 2 saturated heterocycles. The van der Waals surface area contributed by atoms with E-state index in [9.17, 15) is 9.90 Å². The molecule has 8 heteroatoms. The Kier molecular flexibility index (Phi) is 4.42. The van der Waals surface area contributed by atoms with E-state index in [1.165, 1.54) is 17.5 Å². The Morgan fingerprint density at radius 3 is 2.77 bits per heavy atom. The highest BCUT2D eigenvalue weighted by Crippen LogP contribution is 2.24. The van der Waals surface area contributed by atoms with Crippen molar-refractivity contribution in [3.05, 3.63) is 11.9 Å². The van der Waals surface area contributed by atoms with Crippen LogP contribution in [0.25, 0.3) is 0 Å². The van der Waals surface area contributed by atoms with E-state index >= 15 is 0 Å². The first-order valence-corrected chi connectivity index (χ1v) is 7.80. The van der Waals surface area contributed by atoms with E-state index in [2.05, 4.69) is 15.2 Å². The Labute approximate surface area is 129 Å². The summed E-state index contributed by atoms with van der Waals surface area (Å²) in [5.74, 6) is -0.0771. The van der Waals surface area contributed by atoms with Gasteiger partial charge in [0.1, 0.15) is 12.2 Å². The molecule has 2 N–H and O–H groups in total. The van der Waals surface area contributed by atoms with Gasteiger partial charge in [-0.15, -0.1) is 5.10 Å². The number of likely N-dealkylation sites (tertiary alicyclic amines) is 2. The standard InChI is InChI=1S/C14H23N5O3/c20-9-12-7-19(16-15-12)8-13(21)18-6-3-14(22,11-18)10-17-4-1-2-5-17/h7,20,22H,1-6,8-11H2/t14-/m1/s1. The largest absolute Gasteiger partial charge is 0.390 e. The van der Waals surface area contributed by atoms with Crippen molar-refractivity contribution in [2.75, 3.05) is 32.7 Å². The Balaban J connectivity index is 1.53. The topological polar surface area (TPSA) is 94.7 Å². The number of carbonyl (C=O) groups is 1. The van der Waals surface area contributed by atoms with Crippen LogP contribution in [-0.2, 0) is 17.9 Å². The van der Waals surface area contributed by atoms with Crippen LogP contribution < -0.4 is 0 Å². The van der Waals surface area contributed by atoms with Gasteiger partial charge in [-0.25, -0.2) is 4.68 Å². The van der Waals surface area contributed by atoms with Crippen LogP contribution in [0.3, 0.4) is 0 Å². The number of amides is 1. The minimum atomic E-state index is -0.793. The summed E-state index contributed by atoms with van der Waals surface area (Å²) < 4.78 is 1.42. The fraction of sp³-hybridized carbons (Fsp3) is 0.786. The second-order valence-electron chi connectivity index (χ2n) is 6.34. The van der Waals surface area contributed by atoms with Crippen molar-refractivity contribution in [1.82, 2.24) is 24.8 Å². The average molecular weight is 309 g/mol. The van der Waals surface area contributed by atoms with E-state index in [1.54, 1.807) is 11.1 Å². The lowest BCUT2D eigenvalue weighted by atomic mass is 10.0. The molecule has 3 heterocycles. The van der Waals surface area contributed by atoms with E-state index in [0.29, 0.717) is 31.7 Å².